The lowest BCUT2D eigenvalue weighted by Crippen LogP contribution is -2.36. The molecule has 0 aromatic rings. The smallest absolute Gasteiger partial charge is 0.450 e. The van der Waals surface area contributed by atoms with Crippen molar-refractivity contribution >= 4 is 30.2 Å². The zero-order valence-corrected chi connectivity index (χ0v) is 11.0. The van der Waals surface area contributed by atoms with Gasteiger partial charge in [-0.15, -0.1) is 0 Å². The van der Waals surface area contributed by atoms with Gasteiger partial charge in [-0.25, -0.2) is 9.59 Å². The Morgan fingerprint density at radius 2 is 2.37 bits per heavy atom. The molecule has 2 amide bonds. The fourth-order valence-electron chi connectivity index (χ4n) is 2.45. The van der Waals surface area contributed by atoms with Crippen LogP contribution >= 0.6 is 11.8 Å². The monoisotopic (exact) mass is 288 g/mol. The van der Waals surface area contributed by atoms with Crippen molar-refractivity contribution in [2.75, 3.05) is 5.75 Å². The van der Waals surface area contributed by atoms with Crippen LogP contribution < -0.4 is 10.6 Å². The maximum Gasteiger partial charge on any atom is 0.506 e. The van der Waals surface area contributed by atoms with E-state index in [9.17, 15) is 14.4 Å². The summed E-state index contributed by atoms with van der Waals surface area (Å²) < 4.78 is 4.43. The molecule has 2 aliphatic rings. The molecule has 2 aliphatic heterocycles. The van der Waals surface area contributed by atoms with E-state index in [-0.39, 0.29) is 18.1 Å². The van der Waals surface area contributed by atoms with Crippen LogP contribution in [0.4, 0.5) is 9.59 Å². The molecule has 0 aromatic heterocycles. The van der Waals surface area contributed by atoms with E-state index in [1.807, 2.05) is 0 Å². The van der Waals surface area contributed by atoms with Gasteiger partial charge in [0.1, 0.15) is 0 Å². The molecule has 2 rings (SSSR count). The van der Waals surface area contributed by atoms with Crippen LogP contribution in [0, 0.1) is 0 Å². The Hall–Kier alpha value is -1.44. The quantitative estimate of drug-likeness (QED) is 0.375. The molecule has 2 fully saturated rings. The maximum absolute atomic E-state index is 11.2. The normalized spacial score (nSPS) is 30.1. The number of rotatable bonds is 6. The standard InChI is InChI=1S/C11H16N2O5S/c14-4-6(18-11(16)17)2-1-3-8-9-7(5-19-8)12-10(15)13-9/h4,6-9H,1-3,5H2,(H,16,17)(H2,12,13,15)/t6?,7-,8-,9-/m0/s1. The molecule has 0 saturated carbocycles. The second-order valence-electron chi connectivity index (χ2n) is 4.61. The Labute approximate surface area is 114 Å². The molecule has 0 aliphatic carbocycles. The van der Waals surface area contributed by atoms with E-state index in [2.05, 4.69) is 15.4 Å². The first kappa shape index (κ1) is 14.0. The molecule has 7 nitrogen and oxygen atoms in total. The molecule has 0 spiro atoms. The summed E-state index contributed by atoms with van der Waals surface area (Å²) in [6.07, 6.45) is 0.0771. The first-order valence-corrected chi connectivity index (χ1v) is 7.18. The molecular weight excluding hydrogens is 272 g/mol. The Morgan fingerprint density at radius 1 is 1.58 bits per heavy atom. The number of thioether (sulfide) groups is 1. The fraction of sp³-hybridized carbons (Fsp3) is 0.727. The van der Waals surface area contributed by atoms with Crippen molar-refractivity contribution in [3.63, 3.8) is 0 Å². The molecule has 1 unspecified atom stereocenters. The third-order valence-electron chi connectivity index (χ3n) is 3.32. The molecule has 106 valence electrons. The lowest BCUT2D eigenvalue weighted by molar-refractivity contribution is -0.116. The van der Waals surface area contributed by atoms with E-state index in [0.717, 1.165) is 12.2 Å². The number of carbonyl (C=O) groups is 3. The Balaban J connectivity index is 1.72. The molecule has 0 bridgehead atoms. The molecule has 0 radical (unpaired) electrons. The van der Waals surface area contributed by atoms with E-state index in [0.29, 0.717) is 24.4 Å². The van der Waals surface area contributed by atoms with Gasteiger partial charge in [0.15, 0.2) is 12.4 Å². The third kappa shape index (κ3) is 3.52. The number of hydrogen-bond donors (Lipinski definition) is 3. The topological polar surface area (TPSA) is 105 Å². The lowest BCUT2D eigenvalue weighted by Gasteiger charge is -2.17. The second-order valence-corrected chi connectivity index (χ2v) is 5.88. The van der Waals surface area contributed by atoms with Crippen molar-refractivity contribution in [1.29, 1.82) is 0 Å². The minimum absolute atomic E-state index is 0.125. The number of aldehydes is 1. The molecule has 3 N–H and O–H groups in total. The van der Waals surface area contributed by atoms with Gasteiger partial charge in [-0.2, -0.15) is 11.8 Å². The van der Waals surface area contributed by atoms with E-state index in [1.165, 1.54) is 0 Å². The Bertz CT molecular complexity index is 378. The number of ether oxygens (including phenoxy) is 1. The van der Waals surface area contributed by atoms with E-state index in [1.54, 1.807) is 11.8 Å². The van der Waals surface area contributed by atoms with Crippen molar-refractivity contribution in [3.05, 3.63) is 0 Å². The average Bonchev–Trinajstić information content (AvgIpc) is 2.87. The average molecular weight is 288 g/mol. The van der Waals surface area contributed by atoms with Crippen molar-refractivity contribution in [3.8, 4) is 0 Å². The van der Waals surface area contributed by atoms with Crippen LogP contribution in [0.5, 0.6) is 0 Å². The minimum Gasteiger partial charge on any atom is -0.450 e. The number of nitrogens with one attached hydrogen (secondary N) is 2. The van der Waals surface area contributed by atoms with Crippen LogP contribution in [0.1, 0.15) is 19.3 Å². The second kappa shape index (κ2) is 6.14. The third-order valence-corrected chi connectivity index (χ3v) is 4.83. The minimum atomic E-state index is -1.43. The van der Waals surface area contributed by atoms with Crippen molar-refractivity contribution in [2.45, 2.75) is 42.7 Å². The van der Waals surface area contributed by atoms with Gasteiger partial charge in [-0.3, -0.25) is 4.79 Å². The fourth-order valence-corrected chi connectivity index (χ4v) is 3.99. The highest BCUT2D eigenvalue weighted by Crippen LogP contribution is 2.33. The van der Waals surface area contributed by atoms with Crippen LogP contribution in [-0.2, 0) is 9.53 Å². The first-order chi connectivity index (χ1) is 9.10. The summed E-state index contributed by atoms with van der Waals surface area (Å²) in [6.45, 7) is 0. The van der Waals surface area contributed by atoms with E-state index in [4.69, 9.17) is 5.11 Å². The number of carboxylic acid groups (broad SMARTS) is 1. The zero-order chi connectivity index (χ0) is 13.8. The van der Waals surface area contributed by atoms with Crippen LogP contribution in [0.3, 0.4) is 0 Å². The molecular formula is C11H16N2O5S. The molecule has 8 heteroatoms. The van der Waals surface area contributed by atoms with Gasteiger partial charge in [0, 0.05) is 11.0 Å². The van der Waals surface area contributed by atoms with Crippen molar-refractivity contribution in [2.24, 2.45) is 0 Å². The van der Waals surface area contributed by atoms with Gasteiger partial charge >= 0.3 is 12.2 Å². The SMILES string of the molecule is O=CC(CCC[C@@H]1SC[C@@H]2NC(=O)N[C@@H]21)OC(=O)O. The molecule has 19 heavy (non-hydrogen) atoms. The summed E-state index contributed by atoms with van der Waals surface area (Å²) in [7, 11) is 0. The van der Waals surface area contributed by atoms with E-state index < -0.39 is 12.3 Å². The van der Waals surface area contributed by atoms with Gasteiger partial charge in [0.25, 0.3) is 0 Å². The highest BCUT2D eigenvalue weighted by atomic mass is 32.2. The Morgan fingerprint density at radius 3 is 3.05 bits per heavy atom. The van der Waals surface area contributed by atoms with Crippen LogP contribution in [0.2, 0.25) is 0 Å². The van der Waals surface area contributed by atoms with Gasteiger partial charge in [-0.1, -0.05) is 0 Å². The number of carbonyl (C=O) groups excluding carboxylic acids is 2. The number of amides is 2. The highest BCUT2D eigenvalue weighted by molar-refractivity contribution is 8.00. The van der Waals surface area contributed by atoms with Crippen LogP contribution in [0.25, 0.3) is 0 Å². The molecule has 2 heterocycles. The van der Waals surface area contributed by atoms with Crippen LogP contribution in [0.15, 0.2) is 0 Å². The number of fused-ring (bicyclic) bond motifs is 1. The predicted octanol–water partition coefficient (Wildman–Crippen LogP) is 0.584. The van der Waals surface area contributed by atoms with Gasteiger partial charge in [0.05, 0.1) is 12.1 Å². The summed E-state index contributed by atoms with van der Waals surface area (Å²) in [5, 5.41) is 14.5. The summed E-state index contributed by atoms with van der Waals surface area (Å²) in [5.41, 5.74) is 0. The molecule has 4 atom stereocenters. The highest BCUT2D eigenvalue weighted by Gasteiger charge is 2.42. The summed E-state index contributed by atoms with van der Waals surface area (Å²) in [4.78, 5) is 32.2. The van der Waals surface area contributed by atoms with E-state index >= 15 is 0 Å². The van der Waals surface area contributed by atoms with Crippen LogP contribution in [-0.4, -0.2) is 52.8 Å². The lowest BCUT2D eigenvalue weighted by atomic mass is 10.0. The summed E-state index contributed by atoms with van der Waals surface area (Å²) >= 11 is 1.79. The van der Waals surface area contributed by atoms with Gasteiger partial charge in [0.2, 0.25) is 0 Å². The zero-order valence-electron chi connectivity index (χ0n) is 10.2. The van der Waals surface area contributed by atoms with Gasteiger partial charge < -0.3 is 20.5 Å². The van der Waals surface area contributed by atoms with Crippen molar-refractivity contribution in [1.82, 2.24) is 10.6 Å². The van der Waals surface area contributed by atoms with Gasteiger partial charge in [-0.05, 0) is 19.3 Å². The molecule has 2 saturated heterocycles. The Kier molecular flexibility index (Phi) is 4.52. The maximum atomic E-state index is 11.2. The summed E-state index contributed by atoms with van der Waals surface area (Å²) in [6, 6.07) is 0.187. The first-order valence-electron chi connectivity index (χ1n) is 6.13. The summed E-state index contributed by atoms with van der Waals surface area (Å²) in [5.74, 6) is 0.886. The van der Waals surface area contributed by atoms with Crippen molar-refractivity contribution < 1.29 is 24.2 Å². The molecule has 0 aromatic carbocycles. The number of urea groups is 1. The number of hydrogen-bond acceptors (Lipinski definition) is 5. The largest absolute Gasteiger partial charge is 0.506 e. The predicted molar refractivity (Wildman–Crippen MR) is 68.3 cm³/mol.